The Morgan fingerprint density at radius 1 is 0.964 bits per heavy atom. The van der Waals surface area contributed by atoms with E-state index in [1.807, 2.05) is 54.6 Å². The monoisotopic (exact) mass is 374 g/mol. The first-order valence-corrected chi connectivity index (χ1v) is 9.32. The molecule has 4 nitrogen and oxygen atoms in total. The van der Waals surface area contributed by atoms with Crippen molar-refractivity contribution in [3.8, 4) is 5.75 Å². The van der Waals surface area contributed by atoms with Gasteiger partial charge in [0.2, 0.25) is 0 Å². The molecule has 0 bridgehead atoms. The van der Waals surface area contributed by atoms with Crippen molar-refractivity contribution in [2.24, 2.45) is 0 Å². The Kier molecular flexibility index (Phi) is 5.69. The minimum absolute atomic E-state index is 0.139. The van der Waals surface area contributed by atoms with Crippen LogP contribution in [-0.4, -0.2) is 5.91 Å². The first-order valence-electron chi connectivity index (χ1n) is 9.32. The van der Waals surface area contributed by atoms with Crippen LogP contribution in [0.15, 0.2) is 72.8 Å². The second-order valence-electron chi connectivity index (χ2n) is 7.77. The number of nitrogens with one attached hydrogen (secondary N) is 1. The molecule has 144 valence electrons. The van der Waals surface area contributed by atoms with Crippen molar-refractivity contribution < 1.29 is 9.53 Å². The first kappa shape index (κ1) is 19.5. The molecule has 0 saturated heterocycles. The van der Waals surface area contributed by atoms with Gasteiger partial charge in [0.15, 0.2) is 0 Å². The quantitative estimate of drug-likeness (QED) is 0.588. The predicted molar refractivity (Wildman–Crippen MR) is 115 cm³/mol. The number of carbonyl (C=O) groups is 1. The third-order valence-electron chi connectivity index (χ3n) is 4.50. The van der Waals surface area contributed by atoms with E-state index < -0.39 is 0 Å². The lowest BCUT2D eigenvalue weighted by atomic mass is 9.83. The van der Waals surface area contributed by atoms with Gasteiger partial charge in [-0.2, -0.15) is 0 Å². The topological polar surface area (TPSA) is 64.3 Å². The summed E-state index contributed by atoms with van der Waals surface area (Å²) in [7, 11) is 0. The van der Waals surface area contributed by atoms with E-state index in [0.29, 0.717) is 29.3 Å². The van der Waals surface area contributed by atoms with Gasteiger partial charge >= 0.3 is 0 Å². The summed E-state index contributed by atoms with van der Waals surface area (Å²) >= 11 is 0. The van der Waals surface area contributed by atoms with E-state index in [0.717, 1.165) is 11.1 Å². The number of amides is 1. The van der Waals surface area contributed by atoms with Gasteiger partial charge in [0.05, 0.1) is 11.4 Å². The third-order valence-corrected chi connectivity index (χ3v) is 4.50. The van der Waals surface area contributed by atoms with E-state index in [1.165, 1.54) is 0 Å². The van der Waals surface area contributed by atoms with Gasteiger partial charge in [-0.15, -0.1) is 0 Å². The van der Waals surface area contributed by atoms with Crippen LogP contribution in [0.2, 0.25) is 0 Å². The van der Waals surface area contributed by atoms with Gasteiger partial charge in [-0.3, -0.25) is 4.79 Å². The van der Waals surface area contributed by atoms with E-state index >= 15 is 0 Å². The maximum Gasteiger partial charge on any atom is 0.256 e. The summed E-state index contributed by atoms with van der Waals surface area (Å²) in [6, 6.07) is 22.9. The van der Waals surface area contributed by atoms with E-state index in [4.69, 9.17) is 10.5 Å². The van der Waals surface area contributed by atoms with Gasteiger partial charge in [0.1, 0.15) is 12.4 Å². The zero-order chi connectivity index (χ0) is 20.1. The molecule has 0 aliphatic rings. The van der Waals surface area contributed by atoms with E-state index in [2.05, 4.69) is 26.1 Å². The molecule has 3 rings (SSSR count). The molecule has 1 amide bonds. The normalized spacial score (nSPS) is 11.1. The van der Waals surface area contributed by atoms with Crippen molar-refractivity contribution in [3.63, 3.8) is 0 Å². The molecule has 0 aliphatic carbocycles. The minimum Gasteiger partial charge on any atom is -0.489 e. The number of hydrogen-bond donors (Lipinski definition) is 2. The predicted octanol–water partition coefficient (Wildman–Crippen LogP) is 5.40. The standard InChI is InChI=1S/C24H26N2O2/c1-24(2,3)20-12-8-7-11-19(20)23(27)26-22-15-18(13-14-21(22)25)28-16-17-9-5-4-6-10-17/h4-15H,16,25H2,1-3H3,(H,26,27). The van der Waals surface area contributed by atoms with Crippen molar-refractivity contribution in [1.82, 2.24) is 0 Å². The van der Waals surface area contributed by atoms with Crippen LogP contribution in [0.25, 0.3) is 0 Å². The van der Waals surface area contributed by atoms with Crippen molar-refractivity contribution in [2.45, 2.75) is 32.8 Å². The second kappa shape index (κ2) is 8.17. The fourth-order valence-electron chi connectivity index (χ4n) is 3.00. The molecular formula is C24H26N2O2. The number of rotatable bonds is 5. The molecule has 0 fully saturated rings. The Bertz CT molecular complexity index is 960. The lowest BCUT2D eigenvalue weighted by Gasteiger charge is -2.22. The molecule has 3 N–H and O–H groups in total. The second-order valence-corrected chi connectivity index (χ2v) is 7.77. The van der Waals surface area contributed by atoms with Gasteiger partial charge in [-0.05, 0) is 34.7 Å². The number of hydrogen-bond acceptors (Lipinski definition) is 3. The SMILES string of the molecule is CC(C)(C)c1ccccc1C(=O)Nc1cc(OCc2ccccc2)ccc1N. The number of carbonyl (C=O) groups excluding carboxylic acids is 1. The zero-order valence-electron chi connectivity index (χ0n) is 16.5. The Labute approximate surface area is 166 Å². The Morgan fingerprint density at radius 2 is 1.64 bits per heavy atom. The molecule has 0 heterocycles. The van der Waals surface area contributed by atoms with E-state index in [-0.39, 0.29) is 11.3 Å². The third kappa shape index (κ3) is 4.71. The van der Waals surface area contributed by atoms with Gasteiger partial charge in [0.25, 0.3) is 5.91 Å². The van der Waals surface area contributed by atoms with Crippen molar-refractivity contribution >= 4 is 17.3 Å². The summed E-state index contributed by atoms with van der Waals surface area (Å²) in [6.07, 6.45) is 0. The number of nitrogens with two attached hydrogens (primary N) is 1. The summed E-state index contributed by atoms with van der Waals surface area (Å²) in [5, 5.41) is 2.93. The Balaban J connectivity index is 1.78. The average molecular weight is 374 g/mol. The lowest BCUT2D eigenvalue weighted by molar-refractivity contribution is 0.102. The van der Waals surface area contributed by atoms with Crippen LogP contribution in [0.4, 0.5) is 11.4 Å². The highest BCUT2D eigenvalue weighted by atomic mass is 16.5. The molecule has 0 atom stereocenters. The van der Waals surface area contributed by atoms with Crippen molar-refractivity contribution in [1.29, 1.82) is 0 Å². The summed E-state index contributed by atoms with van der Waals surface area (Å²) in [6.45, 7) is 6.72. The number of benzene rings is 3. The first-order chi connectivity index (χ1) is 13.3. The van der Waals surface area contributed by atoms with Crippen molar-refractivity contribution in [3.05, 3.63) is 89.5 Å². The summed E-state index contributed by atoms with van der Waals surface area (Å²) < 4.78 is 5.85. The number of ether oxygens (including phenoxy) is 1. The molecule has 0 aliphatic heterocycles. The van der Waals surface area contributed by atoms with Crippen LogP contribution in [0.5, 0.6) is 5.75 Å². The Hall–Kier alpha value is -3.27. The summed E-state index contributed by atoms with van der Waals surface area (Å²) in [5.41, 5.74) is 9.68. The van der Waals surface area contributed by atoms with Gasteiger partial charge < -0.3 is 15.8 Å². The maximum absolute atomic E-state index is 12.9. The smallest absolute Gasteiger partial charge is 0.256 e. The molecule has 28 heavy (non-hydrogen) atoms. The average Bonchev–Trinajstić information content (AvgIpc) is 2.68. The van der Waals surface area contributed by atoms with Crippen molar-refractivity contribution in [2.75, 3.05) is 11.1 Å². The molecule has 3 aromatic rings. The fourth-order valence-corrected chi connectivity index (χ4v) is 3.00. The van der Waals surface area contributed by atoms with E-state index in [1.54, 1.807) is 18.2 Å². The van der Waals surface area contributed by atoms with Gasteiger partial charge in [-0.25, -0.2) is 0 Å². The lowest BCUT2D eigenvalue weighted by Crippen LogP contribution is -2.21. The fraction of sp³-hybridized carbons (Fsp3) is 0.208. The van der Waals surface area contributed by atoms with Crippen LogP contribution < -0.4 is 15.8 Å². The minimum atomic E-state index is -0.183. The van der Waals surface area contributed by atoms with Crippen LogP contribution in [0, 0.1) is 0 Å². The maximum atomic E-state index is 12.9. The van der Waals surface area contributed by atoms with E-state index in [9.17, 15) is 4.79 Å². The zero-order valence-corrected chi connectivity index (χ0v) is 16.5. The molecular weight excluding hydrogens is 348 g/mol. The molecule has 0 aromatic heterocycles. The summed E-state index contributed by atoms with van der Waals surface area (Å²) in [5.74, 6) is 0.467. The van der Waals surface area contributed by atoms with Crippen LogP contribution in [0.3, 0.4) is 0 Å². The molecule has 3 aromatic carbocycles. The molecule has 0 spiro atoms. The van der Waals surface area contributed by atoms with Gasteiger partial charge in [0, 0.05) is 11.6 Å². The van der Waals surface area contributed by atoms with Crippen LogP contribution >= 0.6 is 0 Å². The van der Waals surface area contributed by atoms with Gasteiger partial charge in [-0.1, -0.05) is 69.3 Å². The molecule has 0 saturated carbocycles. The highest BCUT2D eigenvalue weighted by Crippen LogP contribution is 2.29. The Morgan fingerprint density at radius 3 is 2.36 bits per heavy atom. The van der Waals surface area contributed by atoms with Crippen LogP contribution in [0.1, 0.15) is 42.3 Å². The molecule has 4 heteroatoms. The van der Waals surface area contributed by atoms with Crippen LogP contribution in [-0.2, 0) is 12.0 Å². The highest BCUT2D eigenvalue weighted by Gasteiger charge is 2.21. The summed E-state index contributed by atoms with van der Waals surface area (Å²) in [4.78, 5) is 12.9. The largest absolute Gasteiger partial charge is 0.489 e. The molecule has 0 radical (unpaired) electrons. The molecule has 0 unspecified atom stereocenters. The highest BCUT2D eigenvalue weighted by molar-refractivity contribution is 6.07. The number of nitrogen functional groups attached to an aromatic ring is 1. The number of anilines is 2.